The molecule has 0 saturated carbocycles. The minimum Gasteiger partial charge on any atom is -0.490 e. The summed E-state index contributed by atoms with van der Waals surface area (Å²) in [6.45, 7) is 7.23. The van der Waals surface area contributed by atoms with Crippen LogP contribution in [-0.4, -0.2) is 53.3 Å². The monoisotopic (exact) mass is 427 g/mol. The molecule has 0 amide bonds. The van der Waals surface area contributed by atoms with Gasteiger partial charge in [0.25, 0.3) is 0 Å². The summed E-state index contributed by atoms with van der Waals surface area (Å²) >= 11 is 0. The highest BCUT2D eigenvalue weighted by molar-refractivity contribution is 5.85. The highest BCUT2D eigenvalue weighted by Crippen LogP contribution is 2.26. The van der Waals surface area contributed by atoms with Crippen LogP contribution in [0.5, 0.6) is 17.4 Å². The molecule has 5 N–H and O–H groups in total. The zero-order valence-corrected chi connectivity index (χ0v) is 17.7. The van der Waals surface area contributed by atoms with E-state index in [0.29, 0.717) is 43.0 Å². The Labute approximate surface area is 177 Å². The number of para-hydroxylation sites is 2. The molecule has 0 saturated heterocycles. The first-order chi connectivity index (χ1) is 13.4. The van der Waals surface area contributed by atoms with E-state index in [-0.39, 0.29) is 19.0 Å². The third kappa shape index (κ3) is 8.70. The molecule has 1 aromatic heterocycles. The van der Waals surface area contributed by atoms with Crippen molar-refractivity contribution < 1.29 is 19.3 Å². The topological polar surface area (TPSA) is 124 Å². The van der Waals surface area contributed by atoms with Crippen LogP contribution < -0.4 is 30.8 Å². The smallest absolute Gasteiger partial charge is 0.233 e. The highest BCUT2D eigenvalue weighted by Gasteiger charge is 2.20. The fourth-order valence-electron chi connectivity index (χ4n) is 2.26. The maximum atomic E-state index is 10.2. The average Bonchev–Trinajstić information content (AvgIpc) is 2.71. The summed E-state index contributed by atoms with van der Waals surface area (Å²) in [6, 6.07) is 10.7. The van der Waals surface area contributed by atoms with Crippen molar-refractivity contribution in [1.82, 2.24) is 15.5 Å². The van der Waals surface area contributed by atoms with Gasteiger partial charge in [0.2, 0.25) is 5.88 Å². The Kier molecular flexibility index (Phi) is 10.5. The summed E-state index contributed by atoms with van der Waals surface area (Å²) in [5.41, 5.74) is 2.01. The molecule has 0 fully saturated rings. The number of anilines is 1. The minimum atomic E-state index is -0.691. The van der Waals surface area contributed by atoms with E-state index in [9.17, 15) is 5.11 Å². The largest absolute Gasteiger partial charge is 0.490 e. The average molecular weight is 428 g/mol. The maximum absolute atomic E-state index is 10.2. The Hall–Kier alpha value is -2.33. The van der Waals surface area contributed by atoms with Crippen LogP contribution in [0.2, 0.25) is 0 Å². The Morgan fingerprint density at radius 1 is 1.07 bits per heavy atom. The Bertz CT molecular complexity index is 718. The molecule has 29 heavy (non-hydrogen) atoms. The summed E-state index contributed by atoms with van der Waals surface area (Å²) in [4.78, 5) is 0. The zero-order chi connectivity index (χ0) is 20.4. The third-order valence-corrected chi connectivity index (χ3v) is 3.77. The Morgan fingerprint density at radius 3 is 2.34 bits per heavy atom. The normalized spacial score (nSPS) is 11.9. The zero-order valence-electron chi connectivity index (χ0n) is 16.9. The van der Waals surface area contributed by atoms with E-state index in [1.807, 2.05) is 45.0 Å². The molecule has 1 atom stereocenters. The lowest BCUT2D eigenvalue weighted by molar-refractivity contribution is 0.0906. The van der Waals surface area contributed by atoms with Gasteiger partial charge in [-0.1, -0.05) is 12.1 Å². The molecule has 1 aromatic carbocycles. The van der Waals surface area contributed by atoms with Gasteiger partial charge in [0.05, 0.1) is 6.61 Å². The molecule has 0 spiro atoms. The van der Waals surface area contributed by atoms with Crippen LogP contribution >= 0.6 is 12.4 Å². The van der Waals surface area contributed by atoms with E-state index in [4.69, 9.17) is 20.1 Å². The van der Waals surface area contributed by atoms with Crippen LogP contribution in [-0.2, 0) is 0 Å². The van der Waals surface area contributed by atoms with Gasteiger partial charge >= 0.3 is 0 Å². The number of nitrogens with one attached hydrogen (secondary N) is 2. The summed E-state index contributed by atoms with van der Waals surface area (Å²) in [6.07, 6.45) is -0.691. The molecule has 0 aliphatic heterocycles. The SMILES string of the molecule is CCOc1ccccc1OCC(O)CNC(C)(C)COc1ccc(NN)nn1.Cl. The van der Waals surface area contributed by atoms with Crippen LogP contribution in [0.3, 0.4) is 0 Å². The lowest BCUT2D eigenvalue weighted by Gasteiger charge is -2.27. The van der Waals surface area contributed by atoms with E-state index in [2.05, 4.69) is 20.9 Å². The number of nitrogens with zero attached hydrogens (tertiary/aromatic N) is 2. The van der Waals surface area contributed by atoms with Gasteiger partial charge in [0.15, 0.2) is 17.3 Å². The van der Waals surface area contributed by atoms with Gasteiger partial charge in [-0.25, -0.2) is 5.84 Å². The number of halogens is 1. The Balaban J connectivity index is 0.00000420. The van der Waals surface area contributed by atoms with Crippen LogP contribution in [0, 0.1) is 0 Å². The first-order valence-corrected chi connectivity index (χ1v) is 9.14. The van der Waals surface area contributed by atoms with Gasteiger partial charge in [0.1, 0.15) is 19.3 Å². The number of aromatic nitrogens is 2. The molecule has 2 aromatic rings. The van der Waals surface area contributed by atoms with Gasteiger partial charge in [0, 0.05) is 18.2 Å². The van der Waals surface area contributed by atoms with Gasteiger partial charge in [-0.3, -0.25) is 0 Å². The molecule has 10 heteroatoms. The molecule has 0 aliphatic carbocycles. The number of rotatable bonds is 12. The number of benzene rings is 1. The summed E-state index contributed by atoms with van der Waals surface area (Å²) in [5, 5.41) is 21.2. The Morgan fingerprint density at radius 2 is 1.76 bits per heavy atom. The second-order valence-electron chi connectivity index (χ2n) is 6.80. The van der Waals surface area contributed by atoms with Crippen molar-refractivity contribution in [3.63, 3.8) is 0 Å². The van der Waals surface area contributed by atoms with Gasteiger partial charge in [-0.15, -0.1) is 22.6 Å². The molecule has 1 unspecified atom stereocenters. The van der Waals surface area contributed by atoms with Crippen LogP contribution in [0.15, 0.2) is 36.4 Å². The predicted octanol–water partition coefficient (Wildman–Crippen LogP) is 1.77. The summed E-state index contributed by atoms with van der Waals surface area (Å²) < 4.78 is 16.8. The lowest BCUT2D eigenvalue weighted by Crippen LogP contribution is -2.48. The van der Waals surface area contributed by atoms with Gasteiger partial charge < -0.3 is 30.1 Å². The number of hydrogen-bond acceptors (Lipinski definition) is 9. The lowest BCUT2D eigenvalue weighted by atomic mass is 10.1. The highest BCUT2D eigenvalue weighted by atomic mass is 35.5. The first-order valence-electron chi connectivity index (χ1n) is 9.14. The van der Waals surface area contributed by atoms with E-state index in [0.717, 1.165) is 0 Å². The number of aliphatic hydroxyl groups excluding tert-OH is 1. The number of aliphatic hydroxyl groups is 1. The number of nitrogens with two attached hydrogens (primary N) is 1. The van der Waals surface area contributed by atoms with E-state index < -0.39 is 11.6 Å². The van der Waals surface area contributed by atoms with Crippen molar-refractivity contribution in [1.29, 1.82) is 0 Å². The number of β-amino-alcohol motifs (C(OH)–C–C–N with tert-alkyl or cyclic N) is 1. The standard InChI is InChI=1S/C19H29N5O4.ClH/c1-4-26-15-7-5-6-8-16(15)27-12-14(25)11-21-19(2,3)13-28-18-10-9-17(22-20)23-24-18;/h5-10,14,21,25H,4,11-13,20H2,1-3H3,(H,22,23);1H. The molecule has 0 radical (unpaired) electrons. The third-order valence-electron chi connectivity index (χ3n) is 3.77. The van der Waals surface area contributed by atoms with Crippen molar-refractivity contribution in [3.05, 3.63) is 36.4 Å². The fraction of sp³-hybridized carbons (Fsp3) is 0.474. The van der Waals surface area contributed by atoms with Crippen molar-refractivity contribution in [2.24, 2.45) is 5.84 Å². The van der Waals surface area contributed by atoms with Crippen molar-refractivity contribution in [3.8, 4) is 17.4 Å². The molecular weight excluding hydrogens is 398 g/mol. The molecule has 2 rings (SSSR count). The van der Waals surface area contributed by atoms with Crippen molar-refractivity contribution >= 4 is 18.2 Å². The molecule has 0 aliphatic rings. The maximum Gasteiger partial charge on any atom is 0.233 e. The van der Waals surface area contributed by atoms with Crippen LogP contribution in [0.4, 0.5) is 5.82 Å². The molecular formula is C19H30ClN5O4. The second kappa shape index (κ2) is 12.3. The molecule has 162 valence electrons. The first kappa shape index (κ1) is 24.7. The summed E-state index contributed by atoms with van der Waals surface area (Å²) in [7, 11) is 0. The number of ether oxygens (including phenoxy) is 3. The number of nitrogen functional groups attached to an aromatic ring is 1. The van der Waals surface area contributed by atoms with E-state index in [1.165, 1.54) is 0 Å². The van der Waals surface area contributed by atoms with E-state index in [1.54, 1.807) is 12.1 Å². The quantitative estimate of drug-likeness (QED) is 0.296. The van der Waals surface area contributed by atoms with Gasteiger partial charge in [-0.05, 0) is 39.0 Å². The summed E-state index contributed by atoms with van der Waals surface area (Å²) in [5.74, 6) is 7.38. The van der Waals surface area contributed by atoms with Crippen molar-refractivity contribution in [2.45, 2.75) is 32.4 Å². The van der Waals surface area contributed by atoms with Gasteiger partial charge in [-0.2, -0.15) is 0 Å². The van der Waals surface area contributed by atoms with Crippen LogP contribution in [0.25, 0.3) is 0 Å². The molecule has 0 bridgehead atoms. The number of hydrazine groups is 1. The van der Waals surface area contributed by atoms with E-state index >= 15 is 0 Å². The number of hydrogen-bond donors (Lipinski definition) is 4. The second-order valence-corrected chi connectivity index (χ2v) is 6.80. The van der Waals surface area contributed by atoms with Crippen molar-refractivity contribution in [2.75, 3.05) is 31.8 Å². The fourth-order valence-corrected chi connectivity index (χ4v) is 2.26. The molecule has 1 heterocycles. The molecule has 9 nitrogen and oxygen atoms in total. The van der Waals surface area contributed by atoms with Crippen LogP contribution in [0.1, 0.15) is 20.8 Å². The predicted molar refractivity (Wildman–Crippen MR) is 114 cm³/mol. The minimum absolute atomic E-state index is 0.